The Bertz CT molecular complexity index is 1150. The van der Waals surface area contributed by atoms with Gasteiger partial charge in [-0.3, -0.25) is 4.79 Å². The SMILES string of the molecule is CCOC(=O)c1cnc(SC)nc1C(C#N)c1nc2c(C)cccc2c(=O)[nH]1. The average Bonchev–Trinajstić information content (AvgIpc) is 2.69. The van der Waals surface area contributed by atoms with Crippen LogP contribution in [0, 0.1) is 18.3 Å². The number of hydrogen-bond donors (Lipinski definition) is 1. The lowest BCUT2D eigenvalue weighted by molar-refractivity contribution is 0.0523. The molecule has 0 aliphatic rings. The Labute approximate surface area is 165 Å². The summed E-state index contributed by atoms with van der Waals surface area (Å²) in [5.74, 6) is -1.58. The van der Waals surface area contributed by atoms with E-state index in [4.69, 9.17) is 4.74 Å². The number of nitrogens with zero attached hydrogens (tertiary/aromatic N) is 4. The zero-order valence-electron chi connectivity index (χ0n) is 15.5. The van der Waals surface area contributed by atoms with Crippen LogP contribution in [0.1, 0.15) is 40.3 Å². The van der Waals surface area contributed by atoms with Gasteiger partial charge < -0.3 is 9.72 Å². The van der Waals surface area contributed by atoms with E-state index in [2.05, 4.69) is 26.0 Å². The highest BCUT2D eigenvalue weighted by atomic mass is 32.2. The van der Waals surface area contributed by atoms with Crippen LogP contribution in [0.15, 0.2) is 34.3 Å². The molecule has 2 heterocycles. The molecule has 0 amide bonds. The Morgan fingerprint density at radius 3 is 2.86 bits per heavy atom. The molecule has 0 aliphatic carbocycles. The first-order valence-corrected chi connectivity index (χ1v) is 9.69. The zero-order valence-corrected chi connectivity index (χ0v) is 16.3. The van der Waals surface area contributed by atoms with E-state index in [-0.39, 0.29) is 29.2 Å². The highest BCUT2D eigenvalue weighted by Gasteiger charge is 2.27. The number of hydrogen-bond acceptors (Lipinski definition) is 8. The summed E-state index contributed by atoms with van der Waals surface area (Å²) in [6, 6.07) is 7.36. The van der Waals surface area contributed by atoms with Gasteiger partial charge in [0.2, 0.25) is 0 Å². The molecule has 1 aromatic carbocycles. The van der Waals surface area contributed by atoms with E-state index in [1.807, 2.05) is 13.0 Å². The molecule has 3 rings (SSSR count). The van der Waals surface area contributed by atoms with Crippen LogP contribution in [0.3, 0.4) is 0 Å². The number of carbonyl (C=O) groups is 1. The van der Waals surface area contributed by atoms with Gasteiger partial charge in [0.25, 0.3) is 5.56 Å². The predicted octanol–water partition coefficient (Wildman–Crippen LogP) is 2.58. The van der Waals surface area contributed by atoms with Crippen molar-refractivity contribution >= 4 is 28.6 Å². The summed E-state index contributed by atoms with van der Waals surface area (Å²) in [7, 11) is 0. The van der Waals surface area contributed by atoms with Crippen LogP contribution in [0.4, 0.5) is 0 Å². The van der Waals surface area contributed by atoms with Gasteiger partial charge in [-0.1, -0.05) is 23.9 Å². The van der Waals surface area contributed by atoms with Gasteiger partial charge in [-0.15, -0.1) is 0 Å². The van der Waals surface area contributed by atoms with Crippen molar-refractivity contribution in [3.8, 4) is 6.07 Å². The molecular formula is C19H17N5O3S. The van der Waals surface area contributed by atoms with Crippen molar-refractivity contribution in [1.82, 2.24) is 19.9 Å². The van der Waals surface area contributed by atoms with Gasteiger partial charge in [-0.2, -0.15) is 5.26 Å². The number of nitriles is 1. The lowest BCUT2D eigenvalue weighted by Crippen LogP contribution is -2.19. The van der Waals surface area contributed by atoms with Gasteiger partial charge in [0.15, 0.2) is 5.16 Å². The van der Waals surface area contributed by atoms with E-state index in [0.29, 0.717) is 16.1 Å². The maximum atomic E-state index is 12.5. The summed E-state index contributed by atoms with van der Waals surface area (Å²) in [6.07, 6.45) is 3.12. The van der Waals surface area contributed by atoms with E-state index in [1.165, 1.54) is 18.0 Å². The van der Waals surface area contributed by atoms with Crippen molar-refractivity contribution in [3.05, 3.63) is 57.4 Å². The van der Waals surface area contributed by atoms with Crippen molar-refractivity contribution < 1.29 is 9.53 Å². The van der Waals surface area contributed by atoms with Crippen molar-refractivity contribution in [2.75, 3.05) is 12.9 Å². The van der Waals surface area contributed by atoms with Crippen molar-refractivity contribution in [2.24, 2.45) is 0 Å². The maximum absolute atomic E-state index is 12.5. The molecule has 9 heteroatoms. The van der Waals surface area contributed by atoms with Crippen LogP contribution < -0.4 is 5.56 Å². The number of aryl methyl sites for hydroxylation is 1. The van der Waals surface area contributed by atoms with Crippen molar-refractivity contribution in [2.45, 2.75) is 24.9 Å². The van der Waals surface area contributed by atoms with E-state index in [1.54, 1.807) is 25.3 Å². The third kappa shape index (κ3) is 3.59. The number of ether oxygens (including phenoxy) is 1. The number of thioether (sulfide) groups is 1. The third-order valence-corrected chi connectivity index (χ3v) is 4.67. The quantitative estimate of drug-likeness (QED) is 0.397. The first kappa shape index (κ1) is 19.5. The molecule has 1 unspecified atom stereocenters. The van der Waals surface area contributed by atoms with Crippen LogP contribution in [0.2, 0.25) is 0 Å². The van der Waals surface area contributed by atoms with Crippen LogP contribution in [-0.4, -0.2) is 38.8 Å². The summed E-state index contributed by atoms with van der Waals surface area (Å²) >= 11 is 1.27. The Kier molecular flexibility index (Phi) is 5.70. The molecule has 1 N–H and O–H groups in total. The summed E-state index contributed by atoms with van der Waals surface area (Å²) < 4.78 is 5.06. The summed E-state index contributed by atoms with van der Waals surface area (Å²) in [4.78, 5) is 40.4. The van der Waals surface area contributed by atoms with E-state index in [0.717, 1.165) is 5.56 Å². The number of H-pyrrole nitrogens is 1. The van der Waals surface area contributed by atoms with Crippen molar-refractivity contribution in [3.63, 3.8) is 0 Å². The fourth-order valence-corrected chi connectivity index (χ4v) is 3.12. The Morgan fingerprint density at radius 1 is 1.39 bits per heavy atom. The predicted molar refractivity (Wildman–Crippen MR) is 104 cm³/mol. The van der Waals surface area contributed by atoms with Gasteiger partial charge in [-0.05, 0) is 31.7 Å². The number of para-hydroxylation sites is 1. The van der Waals surface area contributed by atoms with Gasteiger partial charge in [0, 0.05) is 6.20 Å². The minimum absolute atomic E-state index is 0.0683. The van der Waals surface area contributed by atoms with Crippen LogP contribution >= 0.6 is 11.8 Å². The lowest BCUT2D eigenvalue weighted by atomic mass is 10.0. The van der Waals surface area contributed by atoms with Gasteiger partial charge in [-0.25, -0.2) is 19.7 Å². The van der Waals surface area contributed by atoms with Gasteiger partial charge in [0.05, 0.1) is 29.3 Å². The van der Waals surface area contributed by atoms with Crippen molar-refractivity contribution in [1.29, 1.82) is 5.26 Å². The smallest absolute Gasteiger partial charge is 0.341 e. The van der Waals surface area contributed by atoms with E-state index >= 15 is 0 Å². The van der Waals surface area contributed by atoms with E-state index < -0.39 is 11.9 Å². The fraction of sp³-hybridized carbons (Fsp3) is 0.263. The Morgan fingerprint density at radius 2 is 2.18 bits per heavy atom. The molecule has 0 aliphatic heterocycles. The van der Waals surface area contributed by atoms with Crippen LogP contribution in [0.5, 0.6) is 0 Å². The van der Waals surface area contributed by atoms with Crippen LogP contribution in [-0.2, 0) is 4.74 Å². The molecule has 0 saturated carbocycles. The molecule has 28 heavy (non-hydrogen) atoms. The number of aromatic nitrogens is 4. The molecule has 142 valence electrons. The molecule has 0 fully saturated rings. The number of aromatic amines is 1. The molecule has 0 radical (unpaired) electrons. The minimum Gasteiger partial charge on any atom is -0.462 e. The molecule has 0 spiro atoms. The van der Waals surface area contributed by atoms with Gasteiger partial charge >= 0.3 is 5.97 Å². The monoisotopic (exact) mass is 395 g/mol. The molecule has 1 atom stereocenters. The van der Waals surface area contributed by atoms with E-state index in [9.17, 15) is 14.9 Å². The first-order valence-electron chi connectivity index (χ1n) is 8.47. The zero-order chi connectivity index (χ0) is 20.3. The third-order valence-electron chi connectivity index (χ3n) is 4.11. The normalized spacial score (nSPS) is 11.8. The second kappa shape index (κ2) is 8.19. The summed E-state index contributed by atoms with van der Waals surface area (Å²) in [5.41, 5.74) is 1.16. The average molecular weight is 395 g/mol. The highest BCUT2D eigenvalue weighted by molar-refractivity contribution is 7.98. The number of benzene rings is 1. The maximum Gasteiger partial charge on any atom is 0.341 e. The minimum atomic E-state index is -1.06. The number of esters is 1. The first-order chi connectivity index (χ1) is 13.5. The number of carbonyl (C=O) groups excluding carboxylic acids is 1. The Hall–Kier alpha value is -3.25. The fourth-order valence-electron chi connectivity index (χ4n) is 2.77. The molecule has 2 aromatic heterocycles. The van der Waals surface area contributed by atoms with Gasteiger partial charge in [0.1, 0.15) is 17.3 Å². The Balaban J connectivity index is 2.23. The topological polar surface area (TPSA) is 122 Å². The number of fused-ring (bicyclic) bond motifs is 1. The molecule has 0 saturated heterocycles. The second-order valence-electron chi connectivity index (χ2n) is 5.86. The molecular weight excluding hydrogens is 378 g/mol. The number of nitrogens with one attached hydrogen (secondary N) is 1. The highest BCUT2D eigenvalue weighted by Crippen LogP contribution is 2.26. The molecule has 8 nitrogen and oxygen atoms in total. The summed E-state index contributed by atoms with van der Waals surface area (Å²) in [5, 5.41) is 10.7. The second-order valence-corrected chi connectivity index (χ2v) is 6.63. The number of rotatable bonds is 5. The summed E-state index contributed by atoms with van der Waals surface area (Å²) in [6.45, 7) is 3.69. The largest absolute Gasteiger partial charge is 0.462 e. The lowest BCUT2D eigenvalue weighted by Gasteiger charge is -2.14. The standard InChI is InChI=1S/C19H17N5O3S/c1-4-27-18(26)13-9-21-19(28-3)23-15(13)12(8-20)16-22-14-10(2)6-5-7-11(14)17(25)24-16/h5-7,9,12H,4H2,1-3H3,(H,22,24,25). The van der Waals surface area contributed by atoms with Crippen LogP contribution in [0.25, 0.3) is 10.9 Å². The molecule has 0 bridgehead atoms. The molecule has 3 aromatic rings.